The number of nitrogens with zero attached hydrogens (tertiary/aromatic N) is 3. The number of nitrogen functional groups attached to an aromatic ring is 2. The third-order valence-electron chi connectivity index (χ3n) is 5.58. The second-order valence-electron chi connectivity index (χ2n) is 9.02. The molecule has 0 aliphatic heterocycles. The van der Waals surface area contributed by atoms with Crippen LogP contribution < -0.4 is 21.6 Å². The Kier molecular flexibility index (Phi) is 7.14. The van der Waals surface area contributed by atoms with Crippen LogP contribution >= 0.6 is 11.3 Å². The zero-order valence-corrected chi connectivity index (χ0v) is 20.9. The van der Waals surface area contributed by atoms with E-state index in [2.05, 4.69) is 9.98 Å². The van der Waals surface area contributed by atoms with E-state index < -0.39 is 5.60 Å². The number of rotatable bonds is 7. The second-order valence-corrected chi connectivity index (χ2v) is 9.87. The van der Waals surface area contributed by atoms with Gasteiger partial charge in [-0.2, -0.15) is 0 Å². The van der Waals surface area contributed by atoms with E-state index in [1.807, 2.05) is 18.2 Å². The number of aromatic nitrogens is 2. The van der Waals surface area contributed by atoms with E-state index in [4.69, 9.17) is 11.5 Å². The van der Waals surface area contributed by atoms with Crippen LogP contribution in [0.2, 0.25) is 0 Å². The van der Waals surface area contributed by atoms with Crippen LogP contribution in [0.5, 0.6) is 5.75 Å². The average molecular weight is 503 g/mol. The number of phenols is 1. The molecule has 2 aromatic carbocycles. The summed E-state index contributed by atoms with van der Waals surface area (Å²) in [6.07, 6.45) is 5.47. The molecule has 0 fully saturated rings. The van der Waals surface area contributed by atoms with Gasteiger partial charge >= 0.3 is 5.56 Å². The van der Waals surface area contributed by atoms with Crippen molar-refractivity contribution in [2.75, 3.05) is 18.0 Å². The molecule has 0 radical (unpaired) electrons. The lowest BCUT2D eigenvalue weighted by Crippen LogP contribution is -2.50. The van der Waals surface area contributed by atoms with Crippen molar-refractivity contribution in [3.8, 4) is 33.1 Å². The van der Waals surface area contributed by atoms with E-state index in [-0.39, 0.29) is 17.0 Å². The molecule has 8 nitrogen and oxygen atoms in total. The monoisotopic (exact) mass is 502 g/mol. The molecule has 0 amide bonds. The number of aliphatic imine (C=N–C) groups is 1. The third-order valence-corrected chi connectivity index (χ3v) is 6.59. The number of benzene rings is 2. The van der Waals surface area contributed by atoms with E-state index in [0.29, 0.717) is 40.5 Å². The van der Waals surface area contributed by atoms with Gasteiger partial charge in [-0.05, 0) is 56.2 Å². The van der Waals surface area contributed by atoms with E-state index in [1.54, 1.807) is 72.7 Å². The Morgan fingerprint density at radius 2 is 1.75 bits per heavy atom. The predicted molar refractivity (Wildman–Crippen MR) is 145 cm³/mol. The number of hydrogen-bond donors (Lipinski definition) is 4. The zero-order chi connectivity index (χ0) is 25.9. The lowest BCUT2D eigenvalue weighted by molar-refractivity contribution is -0.594. The van der Waals surface area contributed by atoms with E-state index >= 15 is 0 Å². The van der Waals surface area contributed by atoms with E-state index in [0.717, 1.165) is 11.1 Å². The topological polar surface area (TPSA) is 139 Å². The minimum Gasteiger partial charge on any atom is -0.508 e. The molecule has 2 aromatic heterocycles. The molecule has 0 saturated carbocycles. The van der Waals surface area contributed by atoms with Crippen LogP contribution in [0.25, 0.3) is 27.4 Å². The summed E-state index contributed by atoms with van der Waals surface area (Å²) in [6.45, 7) is 3.88. The molecular formula is C27H28N5O3S+. The van der Waals surface area contributed by atoms with Crippen LogP contribution in [0.4, 0.5) is 11.4 Å². The van der Waals surface area contributed by atoms with Gasteiger partial charge in [-0.15, -0.1) is 4.57 Å². The molecule has 0 unspecified atom stereocenters. The summed E-state index contributed by atoms with van der Waals surface area (Å²) in [5.74, 6) is 0.129. The fourth-order valence-corrected chi connectivity index (χ4v) is 4.54. The molecule has 9 heteroatoms. The summed E-state index contributed by atoms with van der Waals surface area (Å²) in [6, 6.07) is 13.9. The maximum absolute atomic E-state index is 13.5. The molecule has 4 rings (SSSR count). The number of aliphatic hydroxyl groups is 1. The fraction of sp³-hybridized carbons (Fsp3) is 0.185. The summed E-state index contributed by atoms with van der Waals surface area (Å²) in [5, 5.41) is 22.1. The van der Waals surface area contributed by atoms with Gasteiger partial charge in [0, 0.05) is 47.9 Å². The highest BCUT2D eigenvalue weighted by Gasteiger charge is 2.27. The first-order chi connectivity index (χ1) is 17.1. The van der Waals surface area contributed by atoms with Gasteiger partial charge < -0.3 is 21.7 Å². The van der Waals surface area contributed by atoms with E-state index in [9.17, 15) is 15.0 Å². The number of anilines is 2. The molecule has 0 aliphatic carbocycles. The van der Waals surface area contributed by atoms with Crippen molar-refractivity contribution in [3.05, 3.63) is 82.2 Å². The highest BCUT2D eigenvalue weighted by Crippen LogP contribution is 2.31. The van der Waals surface area contributed by atoms with Gasteiger partial charge in [0.1, 0.15) is 5.75 Å². The summed E-state index contributed by atoms with van der Waals surface area (Å²) in [7, 11) is 0. The molecule has 36 heavy (non-hydrogen) atoms. The van der Waals surface area contributed by atoms with Gasteiger partial charge in [-0.3, -0.25) is 9.98 Å². The van der Waals surface area contributed by atoms with Crippen LogP contribution in [-0.2, 0) is 0 Å². The van der Waals surface area contributed by atoms with Crippen LogP contribution in [0, 0.1) is 0 Å². The van der Waals surface area contributed by atoms with Crippen molar-refractivity contribution in [3.63, 3.8) is 0 Å². The Balaban J connectivity index is 1.96. The van der Waals surface area contributed by atoms with Gasteiger partial charge in [0.25, 0.3) is 5.01 Å². The lowest BCUT2D eigenvalue weighted by Gasteiger charge is -2.14. The largest absolute Gasteiger partial charge is 0.508 e. The van der Waals surface area contributed by atoms with E-state index in [1.165, 1.54) is 11.3 Å². The molecule has 0 bridgehead atoms. The fourth-order valence-electron chi connectivity index (χ4n) is 3.65. The molecule has 0 atom stereocenters. The Hall–Kier alpha value is -4.08. The molecular weight excluding hydrogens is 474 g/mol. The van der Waals surface area contributed by atoms with Crippen molar-refractivity contribution in [1.29, 1.82) is 0 Å². The number of hydrogen-bond acceptors (Lipinski definition) is 8. The molecule has 0 spiro atoms. The van der Waals surface area contributed by atoms with Crippen molar-refractivity contribution in [1.82, 2.24) is 4.98 Å². The summed E-state index contributed by atoms with van der Waals surface area (Å²) in [4.78, 5) is 22.0. The van der Waals surface area contributed by atoms with Crippen molar-refractivity contribution in [2.24, 2.45) is 4.99 Å². The molecule has 184 valence electrons. The molecule has 0 saturated heterocycles. The predicted octanol–water partition coefficient (Wildman–Crippen LogP) is 3.56. The Morgan fingerprint density at radius 1 is 1.06 bits per heavy atom. The van der Waals surface area contributed by atoms with Crippen LogP contribution in [-0.4, -0.2) is 33.6 Å². The third kappa shape index (κ3) is 5.59. The minimum atomic E-state index is -0.827. The standard InChI is InChI=1S/C27H27N5O3S/c1-27(2,35)9-12-31-15-19-13-24(21(14-22(19)28)17-3-5-20(33)6-4-17)32-25(34)23(29)16-36-26(32)18-7-10-30-11-8-18/h3-8,10-11,13-16,35H,9,12,29H2,1-2H3,(H2-,28,30,31,33)/p+1. The normalized spacial score (nSPS) is 11.8. The molecule has 6 N–H and O–H groups in total. The van der Waals surface area contributed by atoms with Crippen molar-refractivity contribution in [2.45, 2.75) is 25.9 Å². The highest BCUT2D eigenvalue weighted by molar-refractivity contribution is 7.12. The Labute approximate surface area is 212 Å². The Morgan fingerprint density at radius 3 is 2.42 bits per heavy atom. The van der Waals surface area contributed by atoms with Gasteiger partial charge in [-0.25, -0.2) is 4.79 Å². The van der Waals surface area contributed by atoms with Crippen LogP contribution in [0.1, 0.15) is 25.8 Å². The average Bonchev–Trinajstić information content (AvgIpc) is 2.85. The summed E-state index contributed by atoms with van der Waals surface area (Å²) >= 11 is 1.35. The van der Waals surface area contributed by atoms with Gasteiger partial charge in [0.2, 0.25) is 5.69 Å². The first kappa shape index (κ1) is 25.0. The van der Waals surface area contributed by atoms with Gasteiger partial charge in [0.05, 0.1) is 16.7 Å². The van der Waals surface area contributed by atoms with Crippen LogP contribution in [0.15, 0.2) is 76.1 Å². The first-order valence-corrected chi connectivity index (χ1v) is 12.2. The summed E-state index contributed by atoms with van der Waals surface area (Å²) in [5.41, 5.74) is 15.3. The SMILES string of the molecule is CC(C)(O)CCN=Cc1cc(-[n+]2c(-c3ccncc3)scc(N)c2=O)c(-c2ccc(O)cc2)cc1N. The number of nitrogens with two attached hydrogens (primary N) is 2. The first-order valence-electron chi connectivity index (χ1n) is 11.3. The number of aromatic hydroxyl groups is 1. The quantitative estimate of drug-likeness (QED) is 0.173. The maximum Gasteiger partial charge on any atom is 0.443 e. The molecule has 0 aliphatic rings. The zero-order valence-electron chi connectivity index (χ0n) is 20.0. The smallest absolute Gasteiger partial charge is 0.443 e. The molecule has 2 heterocycles. The minimum absolute atomic E-state index is 0.117. The number of phenolic OH excluding ortho intramolecular Hbond substituents is 1. The second kappa shape index (κ2) is 10.3. The van der Waals surface area contributed by atoms with Crippen molar-refractivity contribution < 1.29 is 14.8 Å². The highest BCUT2D eigenvalue weighted by atomic mass is 32.1. The Bertz CT molecular complexity index is 1460. The lowest BCUT2D eigenvalue weighted by atomic mass is 9.99. The van der Waals surface area contributed by atoms with Gasteiger partial charge in [0.15, 0.2) is 5.69 Å². The van der Waals surface area contributed by atoms with Crippen molar-refractivity contribution >= 4 is 28.9 Å². The maximum atomic E-state index is 13.5. The van der Waals surface area contributed by atoms with Crippen LogP contribution in [0.3, 0.4) is 0 Å². The number of pyridine rings is 1. The molecule has 4 aromatic rings. The summed E-state index contributed by atoms with van der Waals surface area (Å²) < 4.78 is 1.57. The van der Waals surface area contributed by atoms with Gasteiger partial charge in [-0.1, -0.05) is 23.5 Å².